The molecule has 1 aliphatic rings. The molecular weight excluding hydrogens is 318 g/mol. The van der Waals surface area contributed by atoms with Gasteiger partial charge < -0.3 is 10.6 Å². The predicted molar refractivity (Wildman–Crippen MR) is 97.6 cm³/mol. The topological polar surface area (TPSA) is 84.3 Å². The van der Waals surface area contributed by atoms with Gasteiger partial charge in [-0.3, -0.25) is 10.1 Å². The van der Waals surface area contributed by atoms with E-state index in [-0.39, 0.29) is 17.8 Å². The quantitative estimate of drug-likeness (QED) is 0.624. The fraction of sp³-hybridized carbons (Fsp3) is 0.316. The third-order valence-corrected chi connectivity index (χ3v) is 4.45. The molecule has 2 aromatic rings. The Morgan fingerprint density at radius 1 is 1.00 bits per heavy atom. The van der Waals surface area contributed by atoms with Gasteiger partial charge in [0.1, 0.15) is 0 Å². The summed E-state index contributed by atoms with van der Waals surface area (Å²) in [5.41, 5.74) is 2.27. The maximum Gasteiger partial charge on any atom is 0.319 e. The van der Waals surface area contributed by atoms with Gasteiger partial charge in [0.25, 0.3) is 5.69 Å². The minimum Gasteiger partial charge on any atom is -0.335 e. The van der Waals surface area contributed by atoms with Gasteiger partial charge in [-0.25, -0.2) is 4.79 Å². The Balaban J connectivity index is 1.69. The molecule has 2 amide bonds. The molecule has 0 saturated heterocycles. The molecular formula is C19H21N3O3. The molecule has 0 atom stereocenters. The van der Waals surface area contributed by atoms with Crippen LogP contribution in [0.25, 0.3) is 11.1 Å². The van der Waals surface area contributed by atoms with Crippen molar-refractivity contribution in [2.45, 2.75) is 38.1 Å². The number of urea groups is 1. The van der Waals surface area contributed by atoms with E-state index in [1.165, 1.54) is 18.6 Å². The molecule has 2 aromatic carbocycles. The van der Waals surface area contributed by atoms with Crippen LogP contribution >= 0.6 is 0 Å². The largest absolute Gasteiger partial charge is 0.335 e. The molecule has 3 rings (SSSR count). The van der Waals surface area contributed by atoms with E-state index < -0.39 is 4.92 Å². The van der Waals surface area contributed by atoms with Crippen LogP contribution in [0.15, 0.2) is 48.5 Å². The lowest BCUT2D eigenvalue weighted by Gasteiger charge is -2.22. The number of hydrogen-bond acceptors (Lipinski definition) is 3. The highest BCUT2D eigenvalue weighted by molar-refractivity contribution is 5.90. The lowest BCUT2D eigenvalue weighted by molar-refractivity contribution is -0.384. The first kappa shape index (κ1) is 17.0. The molecule has 0 unspecified atom stereocenters. The van der Waals surface area contributed by atoms with Crippen molar-refractivity contribution >= 4 is 17.4 Å². The highest BCUT2D eigenvalue weighted by Crippen LogP contribution is 2.26. The summed E-state index contributed by atoms with van der Waals surface area (Å²) in [6, 6.07) is 13.8. The Kier molecular flexibility index (Phi) is 5.28. The van der Waals surface area contributed by atoms with Gasteiger partial charge in [-0.15, -0.1) is 0 Å². The SMILES string of the molecule is O=C(Nc1cccc(-c2cccc([N+](=O)[O-])c2)c1)NC1CCCCC1. The zero-order valence-corrected chi connectivity index (χ0v) is 13.9. The molecule has 1 saturated carbocycles. The van der Waals surface area contributed by atoms with Gasteiger partial charge >= 0.3 is 6.03 Å². The summed E-state index contributed by atoms with van der Waals surface area (Å²) >= 11 is 0. The van der Waals surface area contributed by atoms with Crippen LogP contribution in [0.1, 0.15) is 32.1 Å². The van der Waals surface area contributed by atoms with Crippen molar-refractivity contribution in [1.82, 2.24) is 5.32 Å². The second kappa shape index (κ2) is 7.79. The monoisotopic (exact) mass is 339 g/mol. The van der Waals surface area contributed by atoms with Crippen molar-refractivity contribution in [2.24, 2.45) is 0 Å². The second-order valence-corrected chi connectivity index (χ2v) is 6.32. The Morgan fingerprint density at radius 2 is 1.68 bits per heavy atom. The minimum absolute atomic E-state index is 0.0471. The highest BCUT2D eigenvalue weighted by atomic mass is 16.6. The zero-order chi connectivity index (χ0) is 17.6. The number of non-ortho nitro benzene ring substituents is 1. The molecule has 0 aliphatic heterocycles. The third-order valence-electron chi connectivity index (χ3n) is 4.45. The molecule has 1 fully saturated rings. The highest BCUT2D eigenvalue weighted by Gasteiger charge is 2.15. The lowest BCUT2D eigenvalue weighted by Crippen LogP contribution is -2.39. The fourth-order valence-electron chi connectivity index (χ4n) is 3.18. The van der Waals surface area contributed by atoms with Crippen LogP contribution in [0.3, 0.4) is 0 Å². The van der Waals surface area contributed by atoms with Gasteiger partial charge in [0.15, 0.2) is 0 Å². The van der Waals surface area contributed by atoms with E-state index in [0.717, 1.165) is 36.8 Å². The van der Waals surface area contributed by atoms with Crippen LogP contribution < -0.4 is 10.6 Å². The average molecular weight is 339 g/mol. The Labute approximate surface area is 146 Å². The number of hydrogen-bond donors (Lipinski definition) is 2. The maximum absolute atomic E-state index is 12.2. The van der Waals surface area contributed by atoms with Crippen molar-refractivity contribution < 1.29 is 9.72 Å². The van der Waals surface area contributed by atoms with Gasteiger partial charge in [-0.2, -0.15) is 0 Å². The van der Waals surface area contributed by atoms with Crippen LogP contribution in [-0.2, 0) is 0 Å². The summed E-state index contributed by atoms with van der Waals surface area (Å²) < 4.78 is 0. The molecule has 0 heterocycles. The van der Waals surface area contributed by atoms with E-state index in [9.17, 15) is 14.9 Å². The smallest absolute Gasteiger partial charge is 0.319 e. The summed E-state index contributed by atoms with van der Waals surface area (Å²) in [5.74, 6) is 0. The van der Waals surface area contributed by atoms with Gasteiger partial charge in [0.2, 0.25) is 0 Å². The van der Waals surface area contributed by atoms with E-state index in [1.54, 1.807) is 12.1 Å². The molecule has 6 nitrogen and oxygen atoms in total. The zero-order valence-electron chi connectivity index (χ0n) is 13.9. The van der Waals surface area contributed by atoms with Gasteiger partial charge in [0, 0.05) is 23.9 Å². The van der Waals surface area contributed by atoms with E-state index in [2.05, 4.69) is 10.6 Å². The van der Waals surface area contributed by atoms with Crippen molar-refractivity contribution in [3.05, 3.63) is 58.6 Å². The molecule has 25 heavy (non-hydrogen) atoms. The number of nitro groups is 1. The molecule has 0 bridgehead atoms. The lowest BCUT2D eigenvalue weighted by atomic mass is 9.96. The summed E-state index contributed by atoms with van der Waals surface area (Å²) in [7, 11) is 0. The number of carbonyl (C=O) groups excluding carboxylic acids is 1. The van der Waals surface area contributed by atoms with Crippen molar-refractivity contribution in [1.29, 1.82) is 0 Å². The molecule has 2 N–H and O–H groups in total. The van der Waals surface area contributed by atoms with Crippen LogP contribution in [0.5, 0.6) is 0 Å². The van der Waals surface area contributed by atoms with E-state index in [0.29, 0.717) is 5.69 Å². The summed E-state index contributed by atoms with van der Waals surface area (Å²) in [6.07, 6.45) is 5.62. The normalized spacial score (nSPS) is 14.7. The Hall–Kier alpha value is -2.89. The number of benzene rings is 2. The predicted octanol–water partition coefficient (Wildman–Crippen LogP) is 4.72. The second-order valence-electron chi connectivity index (χ2n) is 6.32. The van der Waals surface area contributed by atoms with Gasteiger partial charge in [0.05, 0.1) is 4.92 Å². The average Bonchev–Trinajstić information content (AvgIpc) is 2.63. The van der Waals surface area contributed by atoms with Crippen molar-refractivity contribution in [2.75, 3.05) is 5.32 Å². The third kappa shape index (κ3) is 4.56. The molecule has 6 heteroatoms. The number of rotatable bonds is 4. The first-order chi connectivity index (χ1) is 12.1. The fourth-order valence-corrected chi connectivity index (χ4v) is 3.18. The standard InChI is InChI=1S/C19H21N3O3/c23-19(20-16-8-2-1-3-9-16)21-17-10-4-6-14(12-17)15-7-5-11-18(13-15)22(24)25/h4-7,10-13,16H,1-3,8-9H2,(H2,20,21,23). The number of anilines is 1. The molecule has 0 spiro atoms. The number of nitrogens with zero attached hydrogens (tertiary/aromatic N) is 1. The first-order valence-corrected chi connectivity index (χ1v) is 8.54. The Bertz CT molecular complexity index is 770. The number of amides is 2. The van der Waals surface area contributed by atoms with Crippen LogP contribution in [0.4, 0.5) is 16.2 Å². The van der Waals surface area contributed by atoms with Crippen molar-refractivity contribution in [3.8, 4) is 11.1 Å². The summed E-state index contributed by atoms with van der Waals surface area (Å²) in [4.78, 5) is 22.7. The first-order valence-electron chi connectivity index (χ1n) is 8.54. The number of carbonyl (C=O) groups is 1. The van der Waals surface area contributed by atoms with Crippen LogP contribution in [0.2, 0.25) is 0 Å². The van der Waals surface area contributed by atoms with E-state index >= 15 is 0 Å². The van der Waals surface area contributed by atoms with E-state index in [4.69, 9.17) is 0 Å². The molecule has 1 aliphatic carbocycles. The van der Waals surface area contributed by atoms with Crippen LogP contribution in [-0.4, -0.2) is 17.0 Å². The summed E-state index contributed by atoms with van der Waals surface area (Å²) in [6.45, 7) is 0. The van der Waals surface area contributed by atoms with Gasteiger partial charge in [-0.05, 0) is 36.1 Å². The van der Waals surface area contributed by atoms with E-state index in [1.807, 2.05) is 24.3 Å². The minimum atomic E-state index is -0.413. The molecule has 0 aromatic heterocycles. The molecule has 130 valence electrons. The maximum atomic E-state index is 12.2. The number of nitro benzene ring substituents is 1. The molecule has 0 radical (unpaired) electrons. The van der Waals surface area contributed by atoms with Crippen molar-refractivity contribution in [3.63, 3.8) is 0 Å². The number of nitrogens with one attached hydrogen (secondary N) is 2. The van der Waals surface area contributed by atoms with Crippen LogP contribution in [0, 0.1) is 10.1 Å². The van der Waals surface area contributed by atoms with Gasteiger partial charge in [-0.1, -0.05) is 43.5 Å². The Morgan fingerprint density at radius 3 is 2.40 bits per heavy atom. The summed E-state index contributed by atoms with van der Waals surface area (Å²) in [5, 5.41) is 16.8.